The number of nitrogens with two attached hydrogens (primary N) is 1. The van der Waals surface area contributed by atoms with E-state index in [1.54, 1.807) is 0 Å². The molecular weight excluding hydrogens is 254 g/mol. The van der Waals surface area contributed by atoms with Crippen molar-refractivity contribution < 1.29 is 0 Å². The van der Waals surface area contributed by atoms with Crippen LogP contribution >= 0.6 is 11.6 Å². The highest BCUT2D eigenvalue weighted by molar-refractivity contribution is 6.31. The van der Waals surface area contributed by atoms with Crippen LogP contribution < -0.4 is 5.73 Å². The molecule has 1 nitrogen and oxygen atoms in total. The smallest absolute Gasteiger partial charge is 0.0437 e. The summed E-state index contributed by atoms with van der Waals surface area (Å²) in [5.74, 6) is 0. The van der Waals surface area contributed by atoms with Crippen LogP contribution in [0.4, 0.5) is 0 Å². The van der Waals surface area contributed by atoms with E-state index in [1.165, 1.54) is 22.3 Å². The Balaban J connectivity index is 2.03. The minimum absolute atomic E-state index is 0.0653. The van der Waals surface area contributed by atoms with Crippen molar-refractivity contribution in [3.63, 3.8) is 0 Å². The molecule has 0 spiro atoms. The first-order chi connectivity index (χ1) is 9.08. The molecule has 1 atom stereocenters. The average Bonchev–Trinajstić information content (AvgIpc) is 2.40. The van der Waals surface area contributed by atoms with Gasteiger partial charge in [0.1, 0.15) is 0 Å². The van der Waals surface area contributed by atoms with Crippen LogP contribution in [-0.4, -0.2) is 0 Å². The quantitative estimate of drug-likeness (QED) is 0.866. The van der Waals surface area contributed by atoms with E-state index >= 15 is 0 Å². The SMILES string of the molecule is Cc1ccc(C(N)CCc2ccccc2Cl)cc1C. The Morgan fingerprint density at radius 2 is 1.79 bits per heavy atom. The van der Waals surface area contributed by atoms with Crippen LogP contribution in [0.5, 0.6) is 0 Å². The van der Waals surface area contributed by atoms with Gasteiger partial charge in [-0.1, -0.05) is 48.0 Å². The lowest BCUT2D eigenvalue weighted by Crippen LogP contribution is -2.11. The lowest BCUT2D eigenvalue weighted by molar-refractivity contribution is 0.651. The maximum atomic E-state index is 6.27. The van der Waals surface area contributed by atoms with Crippen molar-refractivity contribution in [1.29, 1.82) is 0 Å². The van der Waals surface area contributed by atoms with Crippen molar-refractivity contribution in [3.8, 4) is 0 Å². The summed E-state index contributed by atoms with van der Waals surface area (Å²) in [6.07, 6.45) is 1.82. The Morgan fingerprint density at radius 1 is 1.05 bits per heavy atom. The third kappa shape index (κ3) is 3.59. The lowest BCUT2D eigenvalue weighted by Gasteiger charge is -2.14. The van der Waals surface area contributed by atoms with Gasteiger partial charge in [-0.2, -0.15) is 0 Å². The predicted octanol–water partition coefficient (Wildman–Crippen LogP) is 4.59. The molecule has 2 heteroatoms. The topological polar surface area (TPSA) is 26.0 Å². The molecule has 0 saturated carbocycles. The second-order valence-corrected chi connectivity index (χ2v) is 5.49. The van der Waals surface area contributed by atoms with Crippen LogP contribution in [0.15, 0.2) is 42.5 Å². The summed E-state index contributed by atoms with van der Waals surface area (Å²) in [6.45, 7) is 4.24. The first-order valence-corrected chi connectivity index (χ1v) is 7.02. The molecule has 0 saturated heterocycles. The predicted molar refractivity (Wildman–Crippen MR) is 82.6 cm³/mol. The number of rotatable bonds is 4. The lowest BCUT2D eigenvalue weighted by atomic mass is 9.97. The average molecular weight is 274 g/mol. The van der Waals surface area contributed by atoms with E-state index < -0.39 is 0 Å². The molecule has 0 aliphatic carbocycles. The van der Waals surface area contributed by atoms with Gasteiger partial charge >= 0.3 is 0 Å². The van der Waals surface area contributed by atoms with Crippen molar-refractivity contribution in [3.05, 3.63) is 69.7 Å². The van der Waals surface area contributed by atoms with E-state index in [-0.39, 0.29) is 6.04 Å². The van der Waals surface area contributed by atoms with Crippen molar-refractivity contribution in [2.45, 2.75) is 32.7 Å². The Hall–Kier alpha value is -1.31. The van der Waals surface area contributed by atoms with E-state index in [0.29, 0.717) is 0 Å². The Bertz CT molecular complexity index is 563. The molecule has 2 rings (SSSR count). The van der Waals surface area contributed by atoms with Gasteiger partial charge < -0.3 is 5.73 Å². The van der Waals surface area contributed by atoms with Crippen molar-refractivity contribution in [2.75, 3.05) is 0 Å². The molecule has 0 fully saturated rings. The van der Waals surface area contributed by atoms with Crippen molar-refractivity contribution in [2.24, 2.45) is 5.73 Å². The standard InChI is InChI=1S/C17H20ClN/c1-12-7-8-15(11-13(12)2)17(19)10-9-14-5-3-4-6-16(14)18/h3-8,11,17H,9-10,19H2,1-2H3. The number of aryl methyl sites for hydroxylation is 3. The Kier molecular flexibility index (Phi) is 4.62. The van der Waals surface area contributed by atoms with Crippen LogP contribution in [0.3, 0.4) is 0 Å². The summed E-state index contributed by atoms with van der Waals surface area (Å²) in [5.41, 5.74) is 11.2. The summed E-state index contributed by atoms with van der Waals surface area (Å²) in [5, 5.41) is 0.829. The van der Waals surface area contributed by atoms with Gasteiger partial charge in [-0.3, -0.25) is 0 Å². The molecule has 2 aromatic rings. The fourth-order valence-electron chi connectivity index (χ4n) is 2.17. The molecule has 0 bridgehead atoms. The van der Waals surface area contributed by atoms with Gasteiger partial charge in [-0.25, -0.2) is 0 Å². The number of hydrogen-bond acceptors (Lipinski definition) is 1. The zero-order chi connectivity index (χ0) is 13.8. The molecule has 0 heterocycles. The molecule has 0 amide bonds. The van der Waals surface area contributed by atoms with Gasteiger partial charge in [-0.05, 0) is 55.0 Å². The highest BCUT2D eigenvalue weighted by Gasteiger charge is 2.08. The molecule has 1 unspecified atom stereocenters. The third-order valence-corrected chi connectivity index (χ3v) is 4.01. The largest absolute Gasteiger partial charge is 0.324 e. The van der Waals surface area contributed by atoms with Crippen molar-refractivity contribution in [1.82, 2.24) is 0 Å². The molecule has 100 valence electrons. The van der Waals surface area contributed by atoms with E-state index in [4.69, 9.17) is 17.3 Å². The number of hydrogen-bond donors (Lipinski definition) is 1. The number of benzene rings is 2. The first kappa shape index (κ1) is 14.1. The fraction of sp³-hybridized carbons (Fsp3) is 0.294. The van der Waals surface area contributed by atoms with Gasteiger partial charge in [0.15, 0.2) is 0 Å². The van der Waals surface area contributed by atoms with E-state index in [1.807, 2.05) is 18.2 Å². The summed E-state index contributed by atoms with van der Waals surface area (Å²) in [6, 6.07) is 14.5. The molecule has 0 aliphatic heterocycles. The maximum absolute atomic E-state index is 6.27. The van der Waals surface area contributed by atoms with E-state index in [2.05, 4.69) is 38.1 Å². The summed E-state index contributed by atoms with van der Waals surface area (Å²) < 4.78 is 0. The fourth-order valence-corrected chi connectivity index (χ4v) is 2.40. The monoisotopic (exact) mass is 273 g/mol. The third-order valence-electron chi connectivity index (χ3n) is 3.64. The van der Waals surface area contributed by atoms with E-state index in [0.717, 1.165) is 17.9 Å². The highest BCUT2D eigenvalue weighted by atomic mass is 35.5. The maximum Gasteiger partial charge on any atom is 0.0437 e. The van der Waals surface area contributed by atoms with E-state index in [9.17, 15) is 0 Å². The number of halogens is 1. The summed E-state index contributed by atoms with van der Waals surface area (Å²) >= 11 is 6.16. The molecule has 2 N–H and O–H groups in total. The van der Waals surface area contributed by atoms with Gasteiger partial charge in [-0.15, -0.1) is 0 Å². The molecular formula is C17H20ClN. The summed E-state index contributed by atoms with van der Waals surface area (Å²) in [7, 11) is 0. The van der Waals surface area contributed by atoms with Gasteiger partial charge in [0.05, 0.1) is 0 Å². The Labute approximate surface area is 120 Å². The molecule has 19 heavy (non-hydrogen) atoms. The van der Waals surface area contributed by atoms with Crippen LogP contribution in [0.1, 0.15) is 34.7 Å². The molecule has 0 aromatic heterocycles. The van der Waals surface area contributed by atoms with Crippen LogP contribution in [0.25, 0.3) is 0 Å². The molecule has 0 aliphatic rings. The normalized spacial score (nSPS) is 12.4. The van der Waals surface area contributed by atoms with Crippen molar-refractivity contribution >= 4 is 11.6 Å². The minimum atomic E-state index is 0.0653. The highest BCUT2D eigenvalue weighted by Crippen LogP contribution is 2.22. The second-order valence-electron chi connectivity index (χ2n) is 5.08. The minimum Gasteiger partial charge on any atom is -0.324 e. The molecule has 0 radical (unpaired) electrons. The zero-order valence-corrected chi connectivity index (χ0v) is 12.2. The van der Waals surface area contributed by atoms with Gasteiger partial charge in [0, 0.05) is 11.1 Å². The summed E-state index contributed by atoms with van der Waals surface area (Å²) in [4.78, 5) is 0. The second kappa shape index (κ2) is 6.23. The Morgan fingerprint density at radius 3 is 2.47 bits per heavy atom. The van der Waals surface area contributed by atoms with Gasteiger partial charge in [0.25, 0.3) is 0 Å². The zero-order valence-electron chi connectivity index (χ0n) is 11.5. The van der Waals surface area contributed by atoms with Gasteiger partial charge in [0.2, 0.25) is 0 Å². The first-order valence-electron chi connectivity index (χ1n) is 6.64. The molecule has 2 aromatic carbocycles. The van der Waals surface area contributed by atoms with Crippen LogP contribution in [0, 0.1) is 13.8 Å². The van der Waals surface area contributed by atoms with Crippen LogP contribution in [0.2, 0.25) is 5.02 Å². The van der Waals surface area contributed by atoms with Crippen LogP contribution in [-0.2, 0) is 6.42 Å².